The van der Waals surface area contributed by atoms with E-state index in [0.29, 0.717) is 19.1 Å². The third-order valence-corrected chi connectivity index (χ3v) is 4.10. The second-order valence-electron chi connectivity index (χ2n) is 7.39. The van der Waals surface area contributed by atoms with E-state index in [1.807, 2.05) is 13.8 Å². The first-order valence-corrected chi connectivity index (χ1v) is 10.8. The molecule has 0 heterocycles. The fourth-order valence-corrected chi connectivity index (χ4v) is 2.52. The first-order chi connectivity index (χ1) is 12.7. The van der Waals surface area contributed by atoms with Crippen LogP contribution in [0.25, 0.3) is 0 Å². The highest BCUT2D eigenvalue weighted by Gasteiger charge is 2.04. The number of carbonyl (C=O) groups excluding carboxylic acids is 1. The van der Waals surface area contributed by atoms with Crippen LogP contribution in [0, 0.1) is 5.92 Å². The van der Waals surface area contributed by atoms with Crippen LogP contribution in [-0.2, 0) is 9.47 Å². The molecule has 0 aromatic carbocycles. The summed E-state index contributed by atoms with van der Waals surface area (Å²) >= 11 is 0. The van der Waals surface area contributed by atoms with Gasteiger partial charge in [0.05, 0.1) is 13.2 Å². The van der Waals surface area contributed by atoms with Crippen LogP contribution in [0.2, 0.25) is 0 Å². The molecule has 0 bridgehead atoms. The van der Waals surface area contributed by atoms with Crippen LogP contribution in [0.4, 0.5) is 4.79 Å². The van der Waals surface area contributed by atoms with Gasteiger partial charge in [0, 0.05) is 0 Å². The van der Waals surface area contributed by atoms with E-state index in [1.54, 1.807) is 0 Å². The molecule has 26 heavy (non-hydrogen) atoms. The van der Waals surface area contributed by atoms with E-state index in [2.05, 4.69) is 31.2 Å². The molecule has 0 spiro atoms. The Kier molecular flexibility index (Phi) is 19.1. The number of allylic oxidation sites excluding steroid dienone is 4. The van der Waals surface area contributed by atoms with Crippen molar-refractivity contribution in [3.63, 3.8) is 0 Å². The topological polar surface area (TPSA) is 35.5 Å². The Labute approximate surface area is 162 Å². The zero-order valence-corrected chi connectivity index (χ0v) is 17.5. The molecule has 0 aliphatic carbocycles. The van der Waals surface area contributed by atoms with E-state index in [-0.39, 0.29) is 0 Å². The van der Waals surface area contributed by atoms with Gasteiger partial charge in [0.25, 0.3) is 0 Å². The van der Waals surface area contributed by atoms with Crippen LogP contribution >= 0.6 is 0 Å². The minimum absolute atomic E-state index is 0.351. The molecule has 0 amide bonds. The van der Waals surface area contributed by atoms with Crippen LogP contribution < -0.4 is 0 Å². The number of rotatable bonds is 17. The average molecular weight is 367 g/mol. The molecule has 152 valence electrons. The molecular weight excluding hydrogens is 324 g/mol. The molecule has 0 saturated carbocycles. The van der Waals surface area contributed by atoms with E-state index in [0.717, 1.165) is 19.3 Å². The zero-order chi connectivity index (χ0) is 19.3. The Morgan fingerprint density at radius 1 is 0.769 bits per heavy atom. The van der Waals surface area contributed by atoms with Gasteiger partial charge < -0.3 is 9.47 Å². The second kappa shape index (κ2) is 20.1. The third-order valence-electron chi connectivity index (χ3n) is 4.10. The lowest BCUT2D eigenvalue weighted by Crippen LogP contribution is -2.12. The fraction of sp³-hybridized carbons (Fsp3) is 0.783. The number of ether oxygens (including phenoxy) is 2. The molecule has 0 rings (SSSR count). The molecule has 0 atom stereocenters. The highest BCUT2D eigenvalue weighted by molar-refractivity contribution is 5.59. The molecule has 0 radical (unpaired) electrons. The van der Waals surface area contributed by atoms with Crippen molar-refractivity contribution in [3.05, 3.63) is 24.3 Å². The lowest BCUT2D eigenvalue weighted by Gasteiger charge is -2.07. The van der Waals surface area contributed by atoms with Gasteiger partial charge in [-0.3, -0.25) is 0 Å². The molecule has 3 heteroatoms. The number of unbranched alkanes of at least 4 members (excludes halogenated alkanes) is 9. The minimum atomic E-state index is -0.527. The highest BCUT2D eigenvalue weighted by Crippen LogP contribution is 2.08. The standard InChI is InChI=1S/C23H42O3/c1-4-5-6-7-8-9-10-11-12-13-14-15-16-17-18-19-20-25-23(24)26-21-22(2)3/h8-9,11-12,22H,4-7,10,13-21H2,1-3H3/b9-8-,12-11-. The third kappa shape index (κ3) is 20.8. The van der Waals surface area contributed by atoms with E-state index in [4.69, 9.17) is 9.47 Å². The van der Waals surface area contributed by atoms with Gasteiger partial charge in [-0.15, -0.1) is 0 Å². The number of carbonyl (C=O) groups is 1. The molecule has 3 nitrogen and oxygen atoms in total. The van der Waals surface area contributed by atoms with Crippen LogP contribution in [-0.4, -0.2) is 19.4 Å². The van der Waals surface area contributed by atoms with Gasteiger partial charge in [0.1, 0.15) is 0 Å². The number of hydrogen-bond acceptors (Lipinski definition) is 3. The van der Waals surface area contributed by atoms with Gasteiger partial charge in [0.15, 0.2) is 0 Å². The lowest BCUT2D eigenvalue weighted by atomic mass is 10.1. The number of hydrogen-bond donors (Lipinski definition) is 0. The van der Waals surface area contributed by atoms with Crippen LogP contribution in [0.5, 0.6) is 0 Å². The fourth-order valence-electron chi connectivity index (χ4n) is 2.52. The highest BCUT2D eigenvalue weighted by atomic mass is 16.7. The van der Waals surface area contributed by atoms with Gasteiger partial charge in [0.2, 0.25) is 0 Å². The summed E-state index contributed by atoms with van der Waals surface area (Å²) in [5.41, 5.74) is 0. The first-order valence-electron chi connectivity index (χ1n) is 10.8. The zero-order valence-electron chi connectivity index (χ0n) is 17.5. The quantitative estimate of drug-likeness (QED) is 0.151. The smallest absolute Gasteiger partial charge is 0.434 e. The van der Waals surface area contributed by atoms with Crippen molar-refractivity contribution in [2.75, 3.05) is 13.2 Å². The predicted octanol–water partition coefficient (Wildman–Crippen LogP) is 7.61. The van der Waals surface area contributed by atoms with Crippen LogP contribution in [0.3, 0.4) is 0 Å². The molecule has 0 unspecified atom stereocenters. The van der Waals surface area contributed by atoms with Crippen molar-refractivity contribution in [1.82, 2.24) is 0 Å². The largest absolute Gasteiger partial charge is 0.508 e. The van der Waals surface area contributed by atoms with Crippen molar-refractivity contribution < 1.29 is 14.3 Å². The second-order valence-corrected chi connectivity index (χ2v) is 7.39. The summed E-state index contributed by atoms with van der Waals surface area (Å²) in [7, 11) is 0. The van der Waals surface area contributed by atoms with Gasteiger partial charge in [-0.05, 0) is 44.4 Å². The summed E-state index contributed by atoms with van der Waals surface area (Å²) in [5.74, 6) is 0.351. The van der Waals surface area contributed by atoms with E-state index >= 15 is 0 Å². The Balaban J connectivity index is 3.24. The minimum Gasteiger partial charge on any atom is -0.434 e. The van der Waals surface area contributed by atoms with Crippen molar-refractivity contribution in [1.29, 1.82) is 0 Å². The Morgan fingerprint density at radius 3 is 1.96 bits per heavy atom. The molecule has 0 aliphatic rings. The van der Waals surface area contributed by atoms with Crippen molar-refractivity contribution >= 4 is 6.16 Å². The normalized spacial score (nSPS) is 11.7. The van der Waals surface area contributed by atoms with E-state index in [9.17, 15) is 4.79 Å². The maximum atomic E-state index is 11.3. The van der Waals surface area contributed by atoms with Gasteiger partial charge in [-0.1, -0.05) is 83.6 Å². The van der Waals surface area contributed by atoms with Crippen molar-refractivity contribution in [2.45, 2.75) is 97.8 Å². The summed E-state index contributed by atoms with van der Waals surface area (Å²) in [5, 5.41) is 0. The van der Waals surface area contributed by atoms with Crippen molar-refractivity contribution in [2.24, 2.45) is 5.92 Å². The van der Waals surface area contributed by atoms with Crippen LogP contribution in [0.1, 0.15) is 97.8 Å². The summed E-state index contributed by atoms with van der Waals surface area (Å²) in [6, 6.07) is 0. The molecule has 0 N–H and O–H groups in total. The monoisotopic (exact) mass is 366 g/mol. The molecular formula is C23H42O3. The van der Waals surface area contributed by atoms with E-state index in [1.165, 1.54) is 57.8 Å². The van der Waals surface area contributed by atoms with Gasteiger partial charge in [-0.25, -0.2) is 4.79 Å². The van der Waals surface area contributed by atoms with Crippen LogP contribution in [0.15, 0.2) is 24.3 Å². The molecule has 0 aromatic heterocycles. The SMILES string of the molecule is CCCCC/C=C\C/C=C\CCCCCCCCOC(=O)OCC(C)C. The molecule has 0 aliphatic heterocycles. The van der Waals surface area contributed by atoms with Gasteiger partial charge in [-0.2, -0.15) is 0 Å². The maximum Gasteiger partial charge on any atom is 0.508 e. The summed E-state index contributed by atoms with van der Waals surface area (Å²) in [4.78, 5) is 11.3. The summed E-state index contributed by atoms with van der Waals surface area (Å²) < 4.78 is 10.00. The average Bonchev–Trinajstić information content (AvgIpc) is 2.62. The summed E-state index contributed by atoms with van der Waals surface area (Å²) in [6.45, 7) is 7.17. The molecule has 0 fully saturated rings. The Bertz CT molecular complexity index is 358. The summed E-state index contributed by atoms with van der Waals surface area (Å²) in [6.07, 6.45) is 23.2. The van der Waals surface area contributed by atoms with Crippen molar-refractivity contribution in [3.8, 4) is 0 Å². The Morgan fingerprint density at radius 2 is 1.35 bits per heavy atom. The lowest BCUT2D eigenvalue weighted by molar-refractivity contribution is 0.0465. The molecule has 0 aromatic rings. The first kappa shape index (κ1) is 24.8. The Hall–Kier alpha value is -1.25. The van der Waals surface area contributed by atoms with Gasteiger partial charge >= 0.3 is 6.16 Å². The maximum absolute atomic E-state index is 11.3. The van der Waals surface area contributed by atoms with E-state index < -0.39 is 6.16 Å². The molecule has 0 saturated heterocycles. The predicted molar refractivity (Wildman–Crippen MR) is 111 cm³/mol.